The number of nitrogens with one attached hydrogen (secondary N) is 1. The lowest BCUT2D eigenvalue weighted by molar-refractivity contribution is -0.121. The van der Waals surface area contributed by atoms with Gasteiger partial charge in [-0.1, -0.05) is 25.5 Å². The molecule has 0 saturated carbocycles. The topological polar surface area (TPSA) is 49.4 Å². The first kappa shape index (κ1) is 17.2. The van der Waals surface area contributed by atoms with Crippen LogP contribution in [0.5, 0.6) is 0 Å². The summed E-state index contributed by atoms with van der Waals surface area (Å²) in [7, 11) is 0. The predicted molar refractivity (Wildman–Crippen MR) is 86.5 cm³/mol. The molecule has 0 saturated heterocycles. The lowest BCUT2D eigenvalue weighted by Gasteiger charge is -2.23. The molecule has 1 rings (SSSR count). The lowest BCUT2D eigenvalue weighted by atomic mass is 10.1. The van der Waals surface area contributed by atoms with Gasteiger partial charge in [-0.15, -0.1) is 0 Å². The first-order chi connectivity index (χ1) is 9.95. The molecule has 1 aromatic carbocycles. The fourth-order valence-electron chi connectivity index (χ4n) is 2.16. The van der Waals surface area contributed by atoms with Crippen molar-refractivity contribution in [3.63, 3.8) is 0 Å². The van der Waals surface area contributed by atoms with Crippen molar-refractivity contribution in [3.05, 3.63) is 29.3 Å². The normalized spacial score (nSPS) is 10.3. The zero-order valence-electron chi connectivity index (χ0n) is 13.5. The number of hydrogen-bond acceptors (Lipinski definition) is 2. The highest BCUT2D eigenvalue weighted by Crippen LogP contribution is 2.22. The number of carbonyl (C=O) groups is 2. The molecule has 0 spiro atoms. The summed E-state index contributed by atoms with van der Waals surface area (Å²) in [5, 5.41) is 2.88. The Kier molecular flexibility index (Phi) is 6.92. The molecule has 0 aliphatic rings. The van der Waals surface area contributed by atoms with Gasteiger partial charge in [-0.25, -0.2) is 0 Å². The van der Waals surface area contributed by atoms with Gasteiger partial charge in [0.2, 0.25) is 11.8 Å². The minimum atomic E-state index is -0.0370. The van der Waals surface area contributed by atoms with Crippen LogP contribution in [0, 0.1) is 13.8 Å². The fraction of sp³-hybridized carbons (Fsp3) is 0.529. The standard InChI is InChI=1S/C17H26N2O2/c1-5-6-10-18-17(21)9-11-19(15(4)20)16-12-13(2)7-8-14(16)3/h7-8,12H,5-6,9-11H2,1-4H3,(H,18,21). The third-order valence-corrected chi connectivity index (χ3v) is 3.45. The smallest absolute Gasteiger partial charge is 0.223 e. The van der Waals surface area contributed by atoms with Crippen molar-refractivity contribution < 1.29 is 9.59 Å². The second kappa shape index (κ2) is 8.45. The molecule has 0 unspecified atom stereocenters. The van der Waals surface area contributed by atoms with Crippen molar-refractivity contribution in [3.8, 4) is 0 Å². The summed E-state index contributed by atoms with van der Waals surface area (Å²) in [4.78, 5) is 25.3. The lowest BCUT2D eigenvalue weighted by Crippen LogP contribution is -2.34. The van der Waals surface area contributed by atoms with Crippen LogP contribution in [0.15, 0.2) is 18.2 Å². The second-order valence-electron chi connectivity index (χ2n) is 5.41. The van der Waals surface area contributed by atoms with Crippen LogP contribution in [-0.4, -0.2) is 24.9 Å². The van der Waals surface area contributed by atoms with E-state index >= 15 is 0 Å². The first-order valence-electron chi connectivity index (χ1n) is 7.57. The van der Waals surface area contributed by atoms with Gasteiger partial charge in [0.1, 0.15) is 0 Å². The Labute approximate surface area is 127 Å². The zero-order chi connectivity index (χ0) is 15.8. The number of unbranched alkanes of at least 4 members (excludes halogenated alkanes) is 1. The number of amides is 2. The van der Waals surface area contributed by atoms with Crippen LogP contribution in [0.4, 0.5) is 5.69 Å². The second-order valence-corrected chi connectivity index (χ2v) is 5.41. The molecule has 0 aliphatic heterocycles. The van der Waals surface area contributed by atoms with E-state index in [2.05, 4.69) is 12.2 Å². The Morgan fingerprint density at radius 2 is 1.95 bits per heavy atom. The van der Waals surface area contributed by atoms with Crippen LogP contribution in [0.1, 0.15) is 44.2 Å². The van der Waals surface area contributed by atoms with Gasteiger partial charge in [0, 0.05) is 32.1 Å². The number of nitrogens with zero attached hydrogens (tertiary/aromatic N) is 1. The van der Waals surface area contributed by atoms with Crippen LogP contribution in [-0.2, 0) is 9.59 Å². The fourth-order valence-corrected chi connectivity index (χ4v) is 2.16. The summed E-state index contributed by atoms with van der Waals surface area (Å²) in [5.74, 6) is -0.0370. The SMILES string of the molecule is CCCCNC(=O)CCN(C(C)=O)c1cc(C)ccc1C. The third kappa shape index (κ3) is 5.58. The maximum absolute atomic E-state index is 11.9. The molecule has 1 N–H and O–H groups in total. The number of anilines is 1. The van der Waals surface area contributed by atoms with Gasteiger partial charge in [-0.2, -0.15) is 0 Å². The molecule has 0 aromatic heterocycles. The summed E-state index contributed by atoms with van der Waals surface area (Å²) in [6, 6.07) is 6.02. The summed E-state index contributed by atoms with van der Waals surface area (Å²) in [5.41, 5.74) is 3.04. The van der Waals surface area contributed by atoms with Crippen molar-refractivity contribution in [1.29, 1.82) is 0 Å². The van der Waals surface area contributed by atoms with Crippen molar-refractivity contribution >= 4 is 17.5 Å². The number of aryl methyl sites for hydroxylation is 2. The summed E-state index contributed by atoms with van der Waals surface area (Å²) in [6.45, 7) is 8.72. The molecule has 4 heteroatoms. The summed E-state index contributed by atoms with van der Waals surface area (Å²) >= 11 is 0. The Bertz CT molecular complexity index is 498. The van der Waals surface area contributed by atoms with E-state index in [1.807, 2.05) is 32.0 Å². The average Bonchev–Trinajstić information content (AvgIpc) is 2.42. The largest absolute Gasteiger partial charge is 0.356 e. The minimum absolute atomic E-state index is 0.00000567. The van der Waals surface area contributed by atoms with E-state index in [-0.39, 0.29) is 11.8 Å². The van der Waals surface area contributed by atoms with Gasteiger partial charge >= 0.3 is 0 Å². The maximum atomic E-state index is 11.9. The van der Waals surface area contributed by atoms with Gasteiger partial charge in [0.25, 0.3) is 0 Å². The van der Waals surface area contributed by atoms with Crippen molar-refractivity contribution in [2.45, 2.75) is 47.0 Å². The quantitative estimate of drug-likeness (QED) is 0.785. The van der Waals surface area contributed by atoms with Gasteiger partial charge < -0.3 is 10.2 Å². The number of rotatable bonds is 7. The first-order valence-corrected chi connectivity index (χ1v) is 7.57. The maximum Gasteiger partial charge on any atom is 0.223 e. The molecule has 2 amide bonds. The Morgan fingerprint density at radius 1 is 1.24 bits per heavy atom. The molecule has 0 aliphatic carbocycles. The average molecular weight is 290 g/mol. The molecule has 116 valence electrons. The molecule has 0 radical (unpaired) electrons. The van der Waals surface area contributed by atoms with Crippen molar-refractivity contribution in [2.24, 2.45) is 0 Å². The van der Waals surface area contributed by atoms with Crippen LogP contribution >= 0.6 is 0 Å². The summed E-state index contributed by atoms with van der Waals surface area (Å²) < 4.78 is 0. The number of benzene rings is 1. The summed E-state index contributed by atoms with van der Waals surface area (Å²) in [6.07, 6.45) is 2.37. The van der Waals surface area contributed by atoms with E-state index in [1.54, 1.807) is 4.90 Å². The van der Waals surface area contributed by atoms with Crippen LogP contribution in [0.3, 0.4) is 0 Å². The number of carbonyl (C=O) groups excluding carboxylic acids is 2. The van der Waals surface area contributed by atoms with E-state index in [4.69, 9.17) is 0 Å². The highest BCUT2D eigenvalue weighted by molar-refractivity contribution is 5.93. The van der Waals surface area contributed by atoms with Crippen LogP contribution in [0.2, 0.25) is 0 Å². The minimum Gasteiger partial charge on any atom is -0.356 e. The van der Waals surface area contributed by atoms with E-state index in [1.165, 1.54) is 6.92 Å². The molecule has 21 heavy (non-hydrogen) atoms. The highest BCUT2D eigenvalue weighted by Gasteiger charge is 2.15. The Morgan fingerprint density at radius 3 is 2.57 bits per heavy atom. The monoisotopic (exact) mass is 290 g/mol. The van der Waals surface area contributed by atoms with Crippen LogP contribution < -0.4 is 10.2 Å². The van der Waals surface area contributed by atoms with E-state index in [0.29, 0.717) is 19.5 Å². The highest BCUT2D eigenvalue weighted by atomic mass is 16.2. The molecular formula is C17H26N2O2. The van der Waals surface area contributed by atoms with E-state index < -0.39 is 0 Å². The molecule has 0 fully saturated rings. The molecule has 0 heterocycles. The van der Waals surface area contributed by atoms with Gasteiger partial charge in [-0.05, 0) is 37.5 Å². The molecule has 1 aromatic rings. The van der Waals surface area contributed by atoms with Crippen molar-refractivity contribution in [2.75, 3.05) is 18.0 Å². The van der Waals surface area contributed by atoms with Gasteiger partial charge in [-0.3, -0.25) is 9.59 Å². The van der Waals surface area contributed by atoms with Crippen LogP contribution in [0.25, 0.3) is 0 Å². The molecule has 0 atom stereocenters. The zero-order valence-corrected chi connectivity index (χ0v) is 13.5. The van der Waals surface area contributed by atoms with E-state index in [0.717, 1.165) is 29.7 Å². The Balaban J connectivity index is 2.68. The van der Waals surface area contributed by atoms with Gasteiger partial charge in [0.15, 0.2) is 0 Å². The van der Waals surface area contributed by atoms with E-state index in [9.17, 15) is 9.59 Å². The number of hydrogen-bond donors (Lipinski definition) is 1. The van der Waals surface area contributed by atoms with Gasteiger partial charge in [0.05, 0.1) is 0 Å². The Hall–Kier alpha value is -1.84. The van der Waals surface area contributed by atoms with Crippen molar-refractivity contribution in [1.82, 2.24) is 5.32 Å². The predicted octanol–water partition coefficient (Wildman–Crippen LogP) is 2.96. The molecule has 0 bridgehead atoms. The third-order valence-electron chi connectivity index (χ3n) is 3.45. The molecular weight excluding hydrogens is 264 g/mol. The molecule has 4 nitrogen and oxygen atoms in total.